The molecule has 0 radical (unpaired) electrons. The molecular weight excluding hydrogens is 433 g/mol. The van der Waals surface area contributed by atoms with Crippen molar-refractivity contribution >= 4 is 35.9 Å². The molecule has 1 unspecified atom stereocenters. The lowest BCUT2D eigenvalue weighted by Gasteiger charge is -2.14. The summed E-state index contributed by atoms with van der Waals surface area (Å²) in [6.45, 7) is 4.06. The zero-order valence-corrected chi connectivity index (χ0v) is 17.4. The van der Waals surface area contributed by atoms with E-state index < -0.39 is 6.10 Å². The van der Waals surface area contributed by atoms with Crippen molar-refractivity contribution in [1.82, 2.24) is 10.6 Å². The standard InChI is InChI=1S/C18H29N3O3.HI/c1-3-19-18(20-13-8-7-11-17(23)24-2)21-14-12-16(22)15-9-5-4-6-10-15;/h4-6,9-10,16,22H,3,7-8,11-14H2,1-2H3,(H2,19,20,21);1H. The molecule has 0 aromatic heterocycles. The summed E-state index contributed by atoms with van der Waals surface area (Å²) in [5, 5.41) is 16.5. The maximum absolute atomic E-state index is 11.0. The monoisotopic (exact) mass is 463 g/mol. The Hall–Kier alpha value is -1.35. The number of ether oxygens (including phenoxy) is 1. The molecule has 0 saturated heterocycles. The number of rotatable bonds is 10. The van der Waals surface area contributed by atoms with Gasteiger partial charge in [-0.15, -0.1) is 24.0 Å². The molecule has 0 fully saturated rings. The molecule has 0 aliphatic rings. The highest BCUT2D eigenvalue weighted by molar-refractivity contribution is 14.0. The van der Waals surface area contributed by atoms with Crippen LogP contribution in [0.3, 0.4) is 0 Å². The molecule has 0 amide bonds. The van der Waals surface area contributed by atoms with Crippen LogP contribution in [-0.4, -0.2) is 43.8 Å². The normalized spacial score (nSPS) is 12.0. The summed E-state index contributed by atoms with van der Waals surface area (Å²) in [6.07, 6.45) is 2.15. The number of guanidine groups is 1. The van der Waals surface area contributed by atoms with Gasteiger partial charge in [0.2, 0.25) is 0 Å². The Kier molecular flexibility index (Phi) is 14.1. The van der Waals surface area contributed by atoms with Crippen molar-refractivity contribution in [2.24, 2.45) is 4.99 Å². The van der Waals surface area contributed by atoms with Gasteiger partial charge in [-0.1, -0.05) is 30.3 Å². The number of carbonyl (C=O) groups is 1. The summed E-state index contributed by atoms with van der Waals surface area (Å²) in [4.78, 5) is 15.5. The zero-order chi connectivity index (χ0) is 17.6. The second-order valence-corrected chi connectivity index (χ2v) is 5.44. The van der Waals surface area contributed by atoms with Gasteiger partial charge >= 0.3 is 5.97 Å². The van der Waals surface area contributed by atoms with Crippen LogP contribution in [-0.2, 0) is 9.53 Å². The Morgan fingerprint density at radius 1 is 1.24 bits per heavy atom. The van der Waals surface area contributed by atoms with Crippen molar-refractivity contribution in [3.05, 3.63) is 35.9 Å². The fraction of sp³-hybridized carbons (Fsp3) is 0.556. The molecule has 6 nitrogen and oxygen atoms in total. The van der Waals surface area contributed by atoms with Crippen LogP contribution in [0.4, 0.5) is 0 Å². The first kappa shape index (κ1) is 23.6. The summed E-state index contributed by atoms with van der Waals surface area (Å²) in [6, 6.07) is 9.62. The van der Waals surface area contributed by atoms with Gasteiger partial charge in [-0.2, -0.15) is 0 Å². The van der Waals surface area contributed by atoms with Crippen molar-refractivity contribution in [3.63, 3.8) is 0 Å². The molecule has 0 heterocycles. The first-order chi connectivity index (χ1) is 11.7. The number of esters is 1. The third-order valence-electron chi connectivity index (χ3n) is 3.53. The smallest absolute Gasteiger partial charge is 0.305 e. The van der Waals surface area contributed by atoms with E-state index in [2.05, 4.69) is 20.4 Å². The van der Waals surface area contributed by atoms with Gasteiger partial charge in [0.05, 0.1) is 13.2 Å². The molecule has 0 aliphatic carbocycles. The summed E-state index contributed by atoms with van der Waals surface area (Å²) < 4.78 is 4.61. The number of methoxy groups -OCH3 is 1. The summed E-state index contributed by atoms with van der Waals surface area (Å²) >= 11 is 0. The summed E-state index contributed by atoms with van der Waals surface area (Å²) in [7, 11) is 1.40. The van der Waals surface area contributed by atoms with E-state index in [1.807, 2.05) is 37.3 Å². The van der Waals surface area contributed by atoms with Crippen LogP contribution in [0.5, 0.6) is 0 Å². The van der Waals surface area contributed by atoms with Crippen LogP contribution < -0.4 is 10.6 Å². The predicted molar refractivity (Wildman–Crippen MR) is 111 cm³/mol. The molecule has 7 heteroatoms. The molecule has 3 N–H and O–H groups in total. The lowest BCUT2D eigenvalue weighted by molar-refractivity contribution is -0.140. The molecule has 0 saturated carbocycles. The zero-order valence-electron chi connectivity index (χ0n) is 15.0. The maximum Gasteiger partial charge on any atom is 0.305 e. The highest BCUT2D eigenvalue weighted by Gasteiger charge is 2.07. The molecule has 1 atom stereocenters. The molecule has 0 aliphatic heterocycles. The number of nitrogens with zero attached hydrogens (tertiary/aromatic N) is 1. The van der Waals surface area contributed by atoms with Crippen LogP contribution in [0.15, 0.2) is 35.3 Å². The van der Waals surface area contributed by atoms with Crippen molar-refractivity contribution in [2.45, 2.75) is 38.7 Å². The molecule has 142 valence electrons. The fourth-order valence-corrected chi connectivity index (χ4v) is 2.18. The van der Waals surface area contributed by atoms with E-state index in [1.165, 1.54) is 7.11 Å². The lowest BCUT2D eigenvalue weighted by atomic mass is 10.1. The van der Waals surface area contributed by atoms with Crippen LogP contribution in [0.1, 0.15) is 44.3 Å². The van der Waals surface area contributed by atoms with Gasteiger partial charge in [0.15, 0.2) is 5.96 Å². The highest BCUT2D eigenvalue weighted by Crippen LogP contribution is 2.14. The highest BCUT2D eigenvalue weighted by atomic mass is 127. The molecule has 1 rings (SSSR count). The van der Waals surface area contributed by atoms with E-state index >= 15 is 0 Å². The van der Waals surface area contributed by atoms with E-state index in [4.69, 9.17) is 0 Å². The van der Waals surface area contributed by atoms with E-state index in [0.717, 1.165) is 30.9 Å². The molecule has 1 aromatic rings. The number of hydrogen-bond donors (Lipinski definition) is 3. The Balaban J connectivity index is 0.00000576. The van der Waals surface area contributed by atoms with Gasteiger partial charge in [0.1, 0.15) is 0 Å². The number of nitrogens with one attached hydrogen (secondary N) is 2. The van der Waals surface area contributed by atoms with E-state index in [9.17, 15) is 9.90 Å². The molecule has 25 heavy (non-hydrogen) atoms. The SMILES string of the molecule is CCNC(=NCCCCC(=O)OC)NCCC(O)c1ccccc1.I. The summed E-state index contributed by atoms with van der Waals surface area (Å²) in [5.74, 6) is 0.551. The Morgan fingerprint density at radius 2 is 1.96 bits per heavy atom. The van der Waals surface area contributed by atoms with E-state index in [1.54, 1.807) is 0 Å². The van der Waals surface area contributed by atoms with Gasteiger partial charge in [0, 0.05) is 26.1 Å². The van der Waals surface area contributed by atoms with Gasteiger partial charge in [-0.05, 0) is 31.7 Å². The topological polar surface area (TPSA) is 83.0 Å². The minimum Gasteiger partial charge on any atom is -0.469 e. The quantitative estimate of drug-likeness (QED) is 0.163. The van der Waals surface area contributed by atoms with Crippen molar-refractivity contribution in [3.8, 4) is 0 Å². The first-order valence-corrected chi connectivity index (χ1v) is 8.49. The number of carbonyl (C=O) groups excluding carboxylic acids is 1. The largest absolute Gasteiger partial charge is 0.469 e. The number of halogens is 1. The Bertz CT molecular complexity index is 498. The van der Waals surface area contributed by atoms with Crippen LogP contribution >= 0.6 is 24.0 Å². The third kappa shape index (κ3) is 11.0. The molecular formula is C18H30IN3O3. The predicted octanol–water partition coefficient (Wildman–Crippen LogP) is 2.63. The summed E-state index contributed by atoms with van der Waals surface area (Å²) in [5.41, 5.74) is 0.920. The number of hydrogen-bond acceptors (Lipinski definition) is 4. The number of unbranched alkanes of at least 4 members (excludes halogenated alkanes) is 1. The second-order valence-electron chi connectivity index (χ2n) is 5.44. The van der Waals surface area contributed by atoms with Crippen LogP contribution in [0.25, 0.3) is 0 Å². The number of aliphatic hydroxyl groups is 1. The number of aliphatic hydroxyl groups excluding tert-OH is 1. The Labute approximate surface area is 167 Å². The Morgan fingerprint density at radius 3 is 2.60 bits per heavy atom. The average Bonchev–Trinajstić information content (AvgIpc) is 2.61. The van der Waals surface area contributed by atoms with Crippen molar-refractivity contribution in [1.29, 1.82) is 0 Å². The van der Waals surface area contributed by atoms with Crippen molar-refractivity contribution in [2.75, 3.05) is 26.7 Å². The van der Waals surface area contributed by atoms with Gasteiger partial charge in [0.25, 0.3) is 0 Å². The number of benzene rings is 1. The van der Waals surface area contributed by atoms with Gasteiger partial charge in [-0.3, -0.25) is 9.79 Å². The molecule has 0 spiro atoms. The third-order valence-corrected chi connectivity index (χ3v) is 3.53. The lowest BCUT2D eigenvalue weighted by Crippen LogP contribution is -2.38. The molecule has 0 bridgehead atoms. The number of aliphatic imine (C=N–C) groups is 1. The first-order valence-electron chi connectivity index (χ1n) is 8.49. The van der Waals surface area contributed by atoms with Crippen LogP contribution in [0, 0.1) is 0 Å². The van der Waals surface area contributed by atoms with Crippen molar-refractivity contribution < 1.29 is 14.6 Å². The maximum atomic E-state index is 11.0. The average molecular weight is 463 g/mol. The second kappa shape index (κ2) is 14.9. The van der Waals surface area contributed by atoms with Crippen LogP contribution in [0.2, 0.25) is 0 Å². The van der Waals surface area contributed by atoms with Gasteiger partial charge < -0.3 is 20.5 Å². The minimum atomic E-state index is -0.485. The fourth-order valence-electron chi connectivity index (χ4n) is 2.18. The molecule has 1 aromatic carbocycles. The van der Waals surface area contributed by atoms with E-state index in [0.29, 0.717) is 25.9 Å². The van der Waals surface area contributed by atoms with Gasteiger partial charge in [-0.25, -0.2) is 0 Å². The minimum absolute atomic E-state index is 0. The van der Waals surface area contributed by atoms with E-state index in [-0.39, 0.29) is 29.9 Å².